The molecule has 236 valence electrons. The predicted octanol–water partition coefficient (Wildman–Crippen LogP) is 5.38. The third-order valence-corrected chi connectivity index (χ3v) is 7.83. The molecule has 3 aromatic rings. The Morgan fingerprint density at radius 2 is 1.80 bits per heavy atom. The van der Waals surface area contributed by atoms with Gasteiger partial charge >= 0.3 is 6.09 Å². The van der Waals surface area contributed by atoms with Crippen LogP contribution in [0.1, 0.15) is 57.8 Å². The molecule has 4 rings (SSSR count). The van der Waals surface area contributed by atoms with Crippen molar-refractivity contribution in [1.29, 1.82) is 0 Å². The summed E-state index contributed by atoms with van der Waals surface area (Å²) in [4.78, 5) is 43.3. The van der Waals surface area contributed by atoms with Crippen molar-refractivity contribution in [3.63, 3.8) is 0 Å². The number of nitrogens with zero attached hydrogens (tertiary/aromatic N) is 2. The summed E-state index contributed by atoms with van der Waals surface area (Å²) < 4.78 is 11.3. The minimum Gasteiger partial charge on any atom is -0.444 e. The summed E-state index contributed by atoms with van der Waals surface area (Å²) in [5, 5.41) is 15.9. The van der Waals surface area contributed by atoms with Crippen LogP contribution in [0.15, 0.2) is 53.0 Å². The lowest BCUT2D eigenvalue weighted by molar-refractivity contribution is -0.130. The van der Waals surface area contributed by atoms with Crippen LogP contribution in [0.2, 0.25) is 0 Å². The number of amides is 3. The van der Waals surface area contributed by atoms with Crippen molar-refractivity contribution in [1.82, 2.24) is 25.8 Å². The number of nitrogens with one attached hydrogen (secondary N) is 4. The molecule has 11 nitrogen and oxygen atoms in total. The summed E-state index contributed by atoms with van der Waals surface area (Å²) in [6, 6.07) is 14.1. The topological polar surface area (TPSA) is 147 Å². The molecule has 0 aliphatic heterocycles. The highest BCUT2D eigenvalue weighted by atomic mass is 79.9. The van der Waals surface area contributed by atoms with E-state index < -0.39 is 17.7 Å². The summed E-state index contributed by atoms with van der Waals surface area (Å²) >= 11 is 3.49. The molecule has 0 spiro atoms. The Balaban J connectivity index is 1.36. The van der Waals surface area contributed by atoms with Gasteiger partial charge < -0.3 is 25.4 Å². The van der Waals surface area contributed by atoms with Crippen LogP contribution in [-0.4, -0.2) is 58.4 Å². The Bertz CT molecular complexity index is 1410. The largest absolute Gasteiger partial charge is 0.444 e. The number of carbonyl (C=O) groups is 3. The average Bonchev–Trinajstić information content (AvgIpc) is 3.44. The number of hydrogen-bond donors (Lipinski definition) is 4. The first-order valence-corrected chi connectivity index (χ1v) is 15.6. The van der Waals surface area contributed by atoms with Crippen molar-refractivity contribution in [2.45, 2.75) is 71.1 Å². The molecule has 1 aliphatic rings. The fourth-order valence-electron chi connectivity index (χ4n) is 5.13. The number of alkyl carbamates (subject to hydrolysis) is 1. The SMILES string of the molecule is COCc1nc(-c2ccc(NC(=O)[C@H](Cc3cccc(Br)c3)NC(=O)C3CCC(CNC(=O)OC(C)(C)C)CC3)cc2)n[nH]1. The molecule has 1 fully saturated rings. The van der Waals surface area contributed by atoms with E-state index in [-0.39, 0.29) is 23.7 Å². The lowest BCUT2D eigenvalue weighted by atomic mass is 9.81. The molecular weight excluding hydrogens is 628 g/mol. The zero-order valence-corrected chi connectivity index (χ0v) is 27.2. The van der Waals surface area contributed by atoms with Gasteiger partial charge in [-0.15, -0.1) is 0 Å². The molecule has 1 saturated carbocycles. The Morgan fingerprint density at radius 3 is 2.45 bits per heavy atom. The number of ether oxygens (including phenoxy) is 2. The number of rotatable bonds is 11. The molecule has 1 aliphatic carbocycles. The van der Waals surface area contributed by atoms with E-state index in [9.17, 15) is 14.4 Å². The van der Waals surface area contributed by atoms with Crippen molar-refractivity contribution >= 4 is 39.5 Å². The van der Waals surface area contributed by atoms with E-state index in [1.165, 1.54) is 0 Å². The fraction of sp³-hybridized carbons (Fsp3) is 0.469. The van der Waals surface area contributed by atoms with Gasteiger partial charge in [0.05, 0.1) is 0 Å². The summed E-state index contributed by atoms with van der Waals surface area (Å²) in [6.07, 6.45) is 2.89. The molecule has 0 bridgehead atoms. The molecule has 1 aromatic heterocycles. The predicted molar refractivity (Wildman–Crippen MR) is 171 cm³/mol. The first kappa shape index (κ1) is 33.1. The maximum absolute atomic E-state index is 13.5. The highest BCUT2D eigenvalue weighted by Gasteiger charge is 2.30. The van der Waals surface area contributed by atoms with Gasteiger partial charge in [0, 0.05) is 41.7 Å². The van der Waals surface area contributed by atoms with Crippen LogP contribution in [0.4, 0.5) is 10.5 Å². The standard InChI is InChI=1S/C32H41BrN6O5/c1-32(2,3)44-31(42)34-18-20-8-10-23(11-9-20)29(40)36-26(17-21-6-5-7-24(33)16-21)30(41)35-25-14-12-22(13-15-25)28-37-27(19-43-4)38-39-28/h5-7,12-16,20,23,26H,8-11,17-19H2,1-4H3,(H,34,42)(H,35,41)(H,36,40)(H,37,38,39)/t20?,23?,26-/m0/s1. The maximum Gasteiger partial charge on any atom is 0.407 e. The van der Waals surface area contributed by atoms with Crippen molar-refractivity contribution in [3.8, 4) is 11.4 Å². The van der Waals surface area contributed by atoms with Gasteiger partial charge in [-0.05, 0) is 94.3 Å². The van der Waals surface area contributed by atoms with Crippen LogP contribution in [0.5, 0.6) is 0 Å². The van der Waals surface area contributed by atoms with Gasteiger partial charge in [-0.3, -0.25) is 14.7 Å². The summed E-state index contributed by atoms with van der Waals surface area (Å²) in [5.74, 6) is 0.793. The smallest absolute Gasteiger partial charge is 0.407 e. The zero-order valence-electron chi connectivity index (χ0n) is 25.6. The Labute approximate surface area is 266 Å². The second kappa shape index (κ2) is 15.3. The number of carbonyl (C=O) groups excluding carboxylic acids is 3. The van der Waals surface area contributed by atoms with Gasteiger partial charge in [-0.25, -0.2) is 9.78 Å². The second-order valence-corrected chi connectivity index (χ2v) is 13.0. The van der Waals surface area contributed by atoms with Gasteiger partial charge in [0.25, 0.3) is 0 Å². The molecule has 1 atom stereocenters. The summed E-state index contributed by atoms with van der Waals surface area (Å²) in [5.41, 5.74) is 1.76. The molecule has 3 amide bonds. The number of methoxy groups -OCH3 is 1. The third kappa shape index (κ3) is 10.2. The third-order valence-electron chi connectivity index (χ3n) is 7.34. The minimum absolute atomic E-state index is 0.134. The highest BCUT2D eigenvalue weighted by molar-refractivity contribution is 9.10. The second-order valence-electron chi connectivity index (χ2n) is 12.1. The first-order valence-electron chi connectivity index (χ1n) is 14.8. The molecule has 0 saturated heterocycles. The number of benzene rings is 2. The van der Waals surface area contributed by atoms with Crippen LogP contribution in [0, 0.1) is 11.8 Å². The monoisotopic (exact) mass is 668 g/mol. The van der Waals surface area contributed by atoms with E-state index in [2.05, 4.69) is 47.1 Å². The number of hydrogen-bond acceptors (Lipinski definition) is 7. The van der Waals surface area contributed by atoms with Crippen molar-refractivity contribution in [2.24, 2.45) is 11.8 Å². The van der Waals surface area contributed by atoms with Gasteiger partial charge in [0.2, 0.25) is 11.8 Å². The fourth-order valence-corrected chi connectivity index (χ4v) is 5.57. The average molecular weight is 670 g/mol. The molecular formula is C32H41BrN6O5. The van der Waals surface area contributed by atoms with E-state index >= 15 is 0 Å². The molecule has 1 heterocycles. The number of aromatic nitrogens is 3. The first-order chi connectivity index (χ1) is 21.0. The van der Waals surface area contributed by atoms with Crippen molar-refractivity contribution in [3.05, 3.63) is 64.4 Å². The normalized spacial score (nSPS) is 17.4. The van der Waals surface area contributed by atoms with E-state index in [0.717, 1.165) is 28.4 Å². The molecule has 44 heavy (non-hydrogen) atoms. The van der Waals surface area contributed by atoms with Crippen LogP contribution < -0.4 is 16.0 Å². The van der Waals surface area contributed by atoms with Gasteiger partial charge in [0.1, 0.15) is 18.2 Å². The van der Waals surface area contributed by atoms with Crippen molar-refractivity contribution < 1.29 is 23.9 Å². The van der Waals surface area contributed by atoms with Gasteiger partial charge in [-0.1, -0.05) is 28.1 Å². The zero-order chi connectivity index (χ0) is 31.7. The highest BCUT2D eigenvalue weighted by Crippen LogP contribution is 2.29. The van der Waals surface area contributed by atoms with Crippen LogP contribution >= 0.6 is 15.9 Å². The van der Waals surface area contributed by atoms with E-state index in [1.54, 1.807) is 19.2 Å². The van der Waals surface area contributed by atoms with Crippen LogP contribution in [-0.2, 0) is 32.1 Å². The Kier molecular flexibility index (Phi) is 11.5. The molecule has 0 unspecified atom stereocenters. The van der Waals surface area contributed by atoms with Gasteiger partial charge in [0.15, 0.2) is 11.6 Å². The van der Waals surface area contributed by atoms with Crippen molar-refractivity contribution in [2.75, 3.05) is 19.0 Å². The number of aromatic amines is 1. The number of halogens is 1. The van der Waals surface area contributed by atoms with Crippen LogP contribution in [0.25, 0.3) is 11.4 Å². The Morgan fingerprint density at radius 1 is 1.07 bits per heavy atom. The lowest BCUT2D eigenvalue weighted by Gasteiger charge is -2.29. The summed E-state index contributed by atoms with van der Waals surface area (Å²) in [6.45, 7) is 6.33. The molecule has 2 aromatic carbocycles. The van der Waals surface area contributed by atoms with E-state index in [4.69, 9.17) is 9.47 Å². The molecule has 4 N–H and O–H groups in total. The Hall–Kier alpha value is -3.77. The lowest BCUT2D eigenvalue weighted by Crippen LogP contribution is -2.48. The molecule has 12 heteroatoms. The summed E-state index contributed by atoms with van der Waals surface area (Å²) in [7, 11) is 1.59. The number of H-pyrrole nitrogens is 1. The van der Waals surface area contributed by atoms with Gasteiger partial charge in [-0.2, -0.15) is 5.10 Å². The minimum atomic E-state index is -0.771. The molecule has 0 radical (unpaired) electrons. The van der Waals surface area contributed by atoms with Crippen LogP contribution in [0.3, 0.4) is 0 Å². The maximum atomic E-state index is 13.5. The number of anilines is 1. The van der Waals surface area contributed by atoms with E-state index in [0.29, 0.717) is 49.8 Å². The van der Waals surface area contributed by atoms with E-state index in [1.807, 2.05) is 57.2 Å². The quantitative estimate of drug-likeness (QED) is 0.215.